The number of hydrogen-bond acceptors (Lipinski definition) is 5. The molecule has 0 aliphatic carbocycles. The summed E-state index contributed by atoms with van der Waals surface area (Å²) in [6.45, 7) is 2.00. The van der Waals surface area contributed by atoms with Gasteiger partial charge in [0.2, 0.25) is 0 Å². The molecule has 0 aromatic heterocycles. The van der Waals surface area contributed by atoms with Crippen molar-refractivity contribution in [3.05, 3.63) is 102 Å². The Balaban J connectivity index is 1.54. The van der Waals surface area contributed by atoms with Gasteiger partial charge in [0.1, 0.15) is 12.4 Å². The van der Waals surface area contributed by atoms with Crippen molar-refractivity contribution in [1.82, 2.24) is 0 Å². The Hall–Kier alpha value is -3.05. The number of nitro groups is 1. The number of carbonyl (C=O) groups is 1. The lowest BCUT2D eigenvalue weighted by atomic mass is 10.1. The van der Waals surface area contributed by atoms with E-state index in [-0.39, 0.29) is 18.2 Å². The summed E-state index contributed by atoms with van der Waals surface area (Å²) in [5, 5.41) is 16.8. The second-order valence-corrected chi connectivity index (χ2v) is 9.24. The van der Waals surface area contributed by atoms with Crippen molar-refractivity contribution in [3.8, 4) is 5.75 Å². The maximum absolute atomic E-state index is 12.9. The maximum atomic E-state index is 12.9. The third-order valence-electron chi connectivity index (χ3n) is 4.90. The number of amides is 1. The van der Waals surface area contributed by atoms with E-state index in [0.29, 0.717) is 32.8 Å². The van der Waals surface area contributed by atoms with Crippen LogP contribution in [0.4, 0.5) is 11.4 Å². The van der Waals surface area contributed by atoms with Crippen molar-refractivity contribution in [2.24, 2.45) is 5.10 Å². The van der Waals surface area contributed by atoms with E-state index < -0.39 is 4.92 Å². The lowest BCUT2D eigenvalue weighted by Crippen LogP contribution is -2.21. The maximum Gasteiger partial charge on any atom is 0.280 e. The molecule has 4 rings (SSSR count). The van der Waals surface area contributed by atoms with Gasteiger partial charge in [-0.15, -0.1) is 0 Å². The van der Waals surface area contributed by atoms with Crippen LogP contribution in [0.1, 0.15) is 18.1 Å². The number of para-hydroxylation sites is 1. The number of nitrogens with zero attached hydrogens (tertiary/aromatic N) is 3. The molecule has 0 bridgehead atoms. The zero-order valence-electron chi connectivity index (χ0n) is 17.4. The Labute approximate surface area is 212 Å². The van der Waals surface area contributed by atoms with Crippen LogP contribution in [0.3, 0.4) is 0 Å². The summed E-state index contributed by atoms with van der Waals surface area (Å²) in [6.07, 6.45) is 1.81. The van der Waals surface area contributed by atoms with Gasteiger partial charge in [-0.3, -0.25) is 14.9 Å². The molecule has 0 atom stereocenters. The summed E-state index contributed by atoms with van der Waals surface area (Å²) < 4.78 is 7.48. The number of anilines is 1. The molecule has 0 radical (unpaired) electrons. The van der Waals surface area contributed by atoms with Crippen LogP contribution in [0, 0.1) is 13.7 Å². The number of halogens is 2. The molecule has 0 saturated carbocycles. The van der Waals surface area contributed by atoms with Crippen molar-refractivity contribution in [2.75, 3.05) is 5.01 Å². The molecule has 3 aromatic carbocycles. The second kappa shape index (κ2) is 9.84. The van der Waals surface area contributed by atoms with Crippen LogP contribution < -0.4 is 9.75 Å². The number of rotatable bonds is 6. The summed E-state index contributed by atoms with van der Waals surface area (Å²) in [7, 11) is 0. The van der Waals surface area contributed by atoms with Gasteiger partial charge in [-0.2, -0.15) is 10.1 Å². The highest BCUT2D eigenvalue weighted by molar-refractivity contribution is 14.1. The van der Waals surface area contributed by atoms with Crippen LogP contribution in [0.25, 0.3) is 6.08 Å². The van der Waals surface area contributed by atoms with Crippen molar-refractivity contribution in [3.63, 3.8) is 0 Å². The van der Waals surface area contributed by atoms with Gasteiger partial charge in [-0.25, -0.2) is 0 Å². The smallest absolute Gasteiger partial charge is 0.280 e. The van der Waals surface area contributed by atoms with Crippen LogP contribution in [-0.2, 0) is 11.4 Å². The fourth-order valence-electron chi connectivity index (χ4n) is 3.31. The topological polar surface area (TPSA) is 85.0 Å². The zero-order chi connectivity index (χ0) is 23.5. The van der Waals surface area contributed by atoms with E-state index in [4.69, 9.17) is 4.74 Å². The monoisotopic (exact) mass is 617 g/mol. The minimum absolute atomic E-state index is 0.0228. The van der Waals surface area contributed by atoms with Gasteiger partial charge in [0, 0.05) is 12.1 Å². The number of non-ortho nitro benzene ring substituents is 1. The number of ether oxygens (including phenoxy) is 1. The Morgan fingerprint density at radius 2 is 1.91 bits per heavy atom. The van der Waals surface area contributed by atoms with Gasteiger partial charge in [0.25, 0.3) is 11.6 Å². The first-order chi connectivity index (χ1) is 15.8. The quantitative estimate of drug-likeness (QED) is 0.140. The average molecular weight is 618 g/mol. The zero-order valence-corrected chi connectivity index (χ0v) is 21.1. The van der Waals surface area contributed by atoms with Gasteiger partial charge in [0.05, 0.1) is 29.9 Å². The summed E-state index contributed by atoms with van der Waals surface area (Å²) in [4.78, 5) is 23.5. The van der Waals surface area contributed by atoms with Gasteiger partial charge >= 0.3 is 0 Å². The standard InChI is InChI=1S/C24H17BrIN3O4/c1-15-20(24(30)28(27-15)18-7-3-2-4-8-18)11-17-12-21(25)23(22(26)13-17)33-14-16-6-5-9-19(10-16)29(31)32/h2-13H,14H2,1H3/b20-11+. The van der Waals surface area contributed by atoms with Gasteiger partial charge in [0.15, 0.2) is 0 Å². The predicted octanol–water partition coefficient (Wildman–Crippen LogP) is 6.35. The summed E-state index contributed by atoms with van der Waals surface area (Å²) >= 11 is 5.71. The lowest BCUT2D eigenvalue weighted by Gasteiger charge is -2.12. The fraction of sp³-hybridized carbons (Fsp3) is 0.0833. The minimum atomic E-state index is -0.431. The highest BCUT2D eigenvalue weighted by atomic mass is 127. The van der Waals surface area contributed by atoms with Gasteiger partial charge in [-0.1, -0.05) is 30.3 Å². The highest BCUT2D eigenvalue weighted by Crippen LogP contribution is 2.34. The van der Waals surface area contributed by atoms with Gasteiger partial charge < -0.3 is 4.74 Å². The van der Waals surface area contributed by atoms with Crippen molar-refractivity contribution < 1.29 is 14.5 Å². The molecule has 1 amide bonds. The van der Waals surface area contributed by atoms with E-state index in [9.17, 15) is 14.9 Å². The van der Waals surface area contributed by atoms with E-state index in [1.165, 1.54) is 17.1 Å². The van der Waals surface area contributed by atoms with E-state index in [0.717, 1.165) is 9.13 Å². The molecule has 9 heteroatoms. The number of benzene rings is 3. The third-order valence-corrected chi connectivity index (χ3v) is 6.29. The molecule has 7 nitrogen and oxygen atoms in total. The molecule has 1 aliphatic rings. The Morgan fingerprint density at radius 3 is 2.61 bits per heavy atom. The molecule has 0 fully saturated rings. The summed E-state index contributed by atoms with van der Waals surface area (Å²) in [6, 6.07) is 19.4. The van der Waals surface area contributed by atoms with Crippen LogP contribution in [0.2, 0.25) is 0 Å². The highest BCUT2D eigenvalue weighted by Gasteiger charge is 2.28. The Morgan fingerprint density at radius 1 is 1.15 bits per heavy atom. The average Bonchev–Trinajstić information content (AvgIpc) is 3.07. The van der Waals surface area contributed by atoms with Crippen LogP contribution in [-0.4, -0.2) is 16.5 Å². The normalized spacial score (nSPS) is 14.5. The van der Waals surface area contributed by atoms with E-state index >= 15 is 0 Å². The Bertz CT molecular complexity index is 1290. The van der Waals surface area contributed by atoms with E-state index in [2.05, 4.69) is 43.6 Å². The SMILES string of the molecule is CC1=NN(c2ccccc2)C(=O)/C1=C/c1cc(Br)c(OCc2cccc([N+](=O)[O-])c2)c(I)c1. The van der Waals surface area contributed by atoms with Crippen LogP contribution in [0.5, 0.6) is 5.75 Å². The van der Waals surface area contributed by atoms with Crippen LogP contribution in [0.15, 0.2) is 81.9 Å². The van der Waals surface area contributed by atoms with Crippen molar-refractivity contribution in [2.45, 2.75) is 13.5 Å². The number of hydrazone groups is 1. The lowest BCUT2D eigenvalue weighted by molar-refractivity contribution is -0.384. The fourth-order valence-corrected chi connectivity index (χ4v) is 5.08. The molecular formula is C24H17BrIN3O4. The molecule has 166 valence electrons. The largest absolute Gasteiger partial charge is 0.487 e. The van der Waals surface area contributed by atoms with Crippen molar-refractivity contribution >= 4 is 67.6 Å². The minimum Gasteiger partial charge on any atom is -0.487 e. The van der Waals surface area contributed by atoms with Crippen LogP contribution >= 0.6 is 38.5 Å². The molecule has 1 aliphatic heterocycles. The summed E-state index contributed by atoms with van der Waals surface area (Å²) in [5.74, 6) is 0.439. The van der Waals surface area contributed by atoms with E-state index in [1.807, 2.05) is 49.4 Å². The molecule has 0 unspecified atom stereocenters. The molecule has 1 heterocycles. The summed E-state index contributed by atoms with van der Waals surface area (Å²) in [5.41, 5.74) is 3.41. The predicted molar refractivity (Wildman–Crippen MR) is 139 cm³/mol. The molecular weight excluding hydrogens is 601 g/mol. The first kappa shape index (κ1) is 23.1. The molecule has 3 aromatic rings. The number of carbonyl (C=O) groups excluding carboxylic acids is 1. The first-order valence-corrected chi connectivity index (χ1v) is 11.7. The number of nitro benzene ring substituents is 1. The first-order valence-electron chi connectivity index (χ1n) is 9.85. The number of hydrogen-bond donors (Lipinski definition) is 0. The molecule has 0 saturated heterocycles. The van der Waals surface area contributed by atoms with Gasteiger partial charge in [-0.05, 0) is 86.9 Å². The van der Waals surface area contributed by atoms with E-state index in [1.54, 1.807) is 18.2 Å². The Kier molecular flexibility index (Phi) is 6.89. The second-order valence-electron chi connectivity index (χ2n) is 7.23. The molecule has 0 N–H and O–H groups in total. The molecule has 33 heavy (non-hydrogen) atoms. The molecule has 0 spiro atoms. The van der Waals surface area contributed by atoms with Crippen molar-refractivity contribution in [1.29, 1.82) is 0 Å². The third kappa shape index (κ3) is 5.14.